The zero-order chi connectivity index (χ0) is 15.5. The first-order chi connectivity index (χ1) is 9.87. The Morgan fingerprint density at radius 1 is 1.48 bits per heavy atom. The molecule has 116 valence electrons. The molecule has 1 aromatic carbocycles. The summed E-state index contributed by atoms with van der Waals surface area (Å²) in [5, 5.41) is 12.5. The summed E-state index contributed by atoms with van der Waals surface area (Å²) in [4.78, 5) is 12.3. The predicted molar refractivity (Wildman–Crippen MR) is 82.2 cm³/mol. The number of hydrogen-bond acceptors (Lipinski definition) is 3. The zero-order valence-corrected chi connectivity index (χ0v) is 13.1. The monoisotopic (exact) mass is 291 g/mol. The van der Waals surface area contributed by atoms with Gasteiger partial charge in [-0.1, -0.05) is 32.0 Å². The number of nitrogens with one attached hydrogen (secondary N) is 1. The van der Waals surface area contributed by atoms with Gasteiger partial charge in [0.2, 0.25) is 5.91 Å². The van der Waals surface area contributed by atoms with Crippen molar-refractivity contribution in [1.82, 2.24) is 5.32 Å². The summed E-state index contributed by atoms with van der Waals surface area (Å²) in [5.74, 6) is 0.779. The standard InChI is InChI=1S/C17H25NO3/c1-12(19)9-17(2,3)11-18-16(20)14-8-13-6-4-5-7-15(13)21-10-14/h4-7,12,14,19H,8-11H2,1-3H3,(H,18,20). The van der Waals surface area contributed by atoms with Gasteiger partial charge in [0.05, 0.1) is 12.0 Å². The van der Waals surface area contributed by atoms with Crippen molar-refractivity contribution in [2.24, 2.45) is 11.3 Å². The van der Waals surface area contributed by atoms with Crippen LogP contribution in [0.4, 0.5) is 0 Å². The predicted octanol–water partition coefficient (Wildman–Crippen LogP) is 2.15. The average molecular weight is 291 g/mol. The highest BCUT2D eigenvalue weighted by Gasteiger charge is 2.27. The molecule has 1 heterocycles. The summed E-state index contributed by atoms with van der Waals surface area (Å²) in [7, 11) is 0. The van der Waals surface area contributed by atoms with E-state index in [1.807, 2.05) is 38.1 Å². The molecule has 0 aliphatic carbocycles. The van der Waals surface area contributed by atoms with Crippen molar-refractivity contribution in [3.63, 3.8) is 0 Å². The topological polar surface area (TPSA) is 58.6 Å². The molecule has 0 bridgehead atoms. The number of hydrogen-bond donors (Lipinski definition) is 2. The quantitative estimate of drug-likeness (QED) is 0.874. The first-order valence-corrected chi connectivity index (χ1v) is 7.54. The fraction of sp³-hybridized carbons (Fsp3) is 0.588. The first kappa shape index (κ1) is 15.8. The lowest BCUT2D eigenvalue weighted by molar-refractivity contribution is -0.126. The van der Waals surface area contributed by atoms with E-state index in [0.29, 0.717) is 19.6 Å². The van der Waals surface area contributed by atoms with Crippen LogP contribution in [0.15, 0.2) is 24.3 Å². The summed E-state index contributed by atoms with van der Waals surface area (Å²) < 4.78 is 5.65. The fourth-order valence-corrected chi connectivity index (χ4v) is 2.84. The van der Waals surface area contributed by atoms with Gasteiger partial charge < -0.3 is 15.2 Å². The minimum atomic E-state index is -0.359. The van der Waals surface area contributed by atoms with E-state index in [9.17, 15) is 9.90 Å². The lowest BCUT2D eigenvalue weighted by Crippen LogP contribution is -2.42. The highest BCUT2D eigenvalue weighted by Crippen LogP contribution is 2.27. The maximum atomic E-state index is 12.3. The SMILES string of the molecule is CC(O)CC(C)(C)CNC(=O)C1COc2ccccc2C1. The molecule has 0 saturated heterocycles. The Morgan fingerprint density at radius 3 is 2.90 bits per heavy atom. The Kier molecular flexibility index (Phi) is 4.88. The molecule has 0 spiro atoms. The second kappa shape index (κ2) is 6.48. The molecule has 0 radical (unpaired) electrons. The lowest BCUT2D eigenvalue weighted by atomic mass is 9.86. The van der Waals surface area contributed by atoms with Crippen LogP contribution in [0, 0.1) is 11.3 Å². The molecule has 2 atom stereocenters. The number of aliphatic hydroxyl groups excluding tert-OH is 1. The van der Waals surface area contributed by atoms with E-state index in [0.717, 1.165) is 17.7 Å². The molecule has 2 N–H and O–H groups in total. The summed E-state index contributed by atoms with van der Waals surface area (Å²) in [6, 6.07) is 7.85. The van der Waals surface area contributed by atoms with Gasteiger partial charge in [0.15, 0.2) is 0 Å². The van der Waals surface area contributed by atoms with Crippen LogP contribution in [0.25, 0.3) is 0 Å². The van der Waals surface area contributed by atoms with Gasteiger partial charge in [-0.2, -0.15) is 0 Å². The van der Waals surface area contributed by atoms with Crippen molar-refractivity contribution in [3.05, 3.63) is 29.8 Å². The summed E-state index contributed by atoms with van der Waals surface area (Å²) >= 11 is 0. The minimum absolute atomic E-state index is 0.0307. The third-order valence-corrected chi connectivity index (χ3v) is 3.84. The van der Waals surface area contributed by atoms with Gasteiger partial charge in [-0.25, -0.2) is 0 Å². The van der Waals surface area contributed by atoms with Crippen molar-refractivity contribution >= 4 is 5.91 Å². The normalized spacial score (nSPS) is 19.3. The maximum Gasteiger partial charge on any atom is 0.226 e. The molecule has 2 rings (SSSR count). The molecule has 1 aliphatic heterocycles. The van der Waals surface area contributed by atoms with Crippen LogP contribution in [-0.4, -0.2) is 30.3 Å². The number of fused-ring (bicyclic) bond motifs is 1. The maximum absolute atomic E-state index is 12.3. The van der Waals surface area contributed by atoms with Crippen LogP contribution in [0.2, 0.25) is 0 Å². The number of carbonyl (C=O) groups is 1. The number of ether oxygens (including phenoxy) is 1. The molecule has 1 aromatic rings. The number of amides is 1. The van der Waals surface area contributed by atoms with Crippen LogP contribution in [0.3, 0.4) is 0 Å². The van der Waals surface area contributed by atoms with Gasteiger partial charge in [-0.15, -0.1) is 0 Å². The van der Waals surface area contributed by atoms with E-state index in [2.05, 4.69) is 5.32 Å². The molecule has 0 fully saturated rings. The highest BCUT2D eigenvalue weighted by atomic mass is 16.5. The van der Waals surface area contributed by atoms with Gasteiger partial charge in [0.25, 0.3) is 0 Å². The van der Waals surface area contributed by atoms with Crippen LogP contribution in [0.1, 0.15) is 32.8 Å². The third kappa shape index (κ3) is 4.46. The van der Waals surface area contributed by atoms with Crippen molar-refractivity contribution in [1.29, 1.82) is 0 Å². The van der Waals surface area contributed by atoms with E-state index < -0.39 is 0 Å². The average Bonchev–Trinajstić information content (AvgIpc) is 2.43. The molecule has 21 heavy (non-hydrogen) atoms. The van der Waals surface area contributed by atoms with Crippen molar-refractivity contribution in [3.8, 4) is 5.75 Å². The highest BCUT2D eigenvalue weighted by molar-refractivity contribution is 5.79. The van der Waals surface area contributed by atoms with Crippen molar-refractivity contribution < 1.29 is 14.6 Å². The van der Waals surface area contributed by atoms with Crippen LogP contribution >= 0.6 is 0 Å². The second-order valence-electron chi connectivity index (χ2n) is 6.75. The Hall–Kier alpha value is -1.55. The van der Waals surface area contributed by atoms with Gasteiger partial charge >= 0.3 is 0 Å². The first-order valence-electron chi connectivity index (χ1n) is 7.54. The van der Waals surface area contributed by atoms with Gasteiger partial charge in [-0.05, 0) is 36.8 Å². The lowest BCUT2D eigenvalue weighted by Gasteiger charge is -2.29. The molecular weight excluding hydrogens is 266 g/mol. The molecule has 4 nitrogen and oxygen atoms in total. The minimum Gasteiger partial charge on any atom is -0.492 e. The second-order valence-corrected chi connectivity index (χ2v) is 6.75. The number of aliphatic hydroxyl groups is 1. The molecule has 4 heteroatoms. The molecule has 0 saturated carbocycles. The number of carbonyl (C=O) groups excluding carboxylic acids is 1. The number of para-hydroxylation sites is 1. The van der Waals surface area contributed by atoms with Gasteiger partial charge in [-0.3, -0.25) is 4.79 Å². The summed E-state index contributed by atoms with van der Waals surface area (Å²) in [6.45, 7) is 6.86. The van der Waals surface area contributed by atoms with Gasteiger partial charge in [0, 0.05) is 6.54 Å². The van der Waals surface area contributed by atoms with Crippen LogP contribution in [0.5, 0.6) is 5.75 Å². The Balaban J connectivity index is 1.88. The van der Waals surface area contributed by atoms with Crippen LogP contribution in [-0.2, 0) is 11.2 Å². The Labute approximate surface area is 126 Å². The van der Waals surface area contributed by atoms with E-state index in [-0.39, 0.29) is 23.3 Å². The number of benzene rings is 1. The Bertz CT molecular complexity index is 497. The van der Waals surface area contributed by atoms with E-state index in [1.54, 1.807) is 6.92 Å². The largest absolute Gasteiger partial charge is 0.492 e. The summed E-state index contributed by atoms with van der Waals surface area (Å²) in [5.41, 5.74) is 0.976. The van der Waals surface area contributed by atoms with Crippen molar-refractivity contribution in [2.75, 3.05) is 13.2 Å². The van der Waals surface area contributed by atoms with Crippen molar-refractivity contribution in [2.45, 2.75) is 39.7 Å². The zero-order valence-electron chi connectivity index (χ0n) is 13.1. The van der Waals surface area contributed by atoms with E-state index >= 15 is 0 Å². The van der Waals surface area contributed by atoms with E-state index in [1.165, 1.54) is 0 Å². The Morgan fingerprint density at radius 2 is 2.19 bits per heavy atom. The molecule has 0 aromatic heterocycles. The molecule has 1 amide bonds. The van der Waals surface area contributed by atoms with Crippen LogP contribution < -0.4 is 10.1 Å². The van der Waals surface area contributed by atoms with E-state index in [4.69, 9.17) is 4.74 Å². The fourth-order valence-electron chi connectivity index (χ4n) is 2.84. The summed E-state index contributed by atoms with van der Waals surface area (Å²) in [6.07, 6.45) is 1.03. The molecular formula is C17H25NO3. The third-order valence-electron chi connectivity index (χ3n) is 3.84. The molecule has 1 aliphatic rings. The smallest absolute Gasteiger partial charge is 0.226 e. The van der Waals surface area contributed by atoms with Gasteiger partial charge in [0.1, 0.15) is 12.4 Å². The number of rotatable bonds is 5. The molecule has 2 unspecified atom stereocenters.